The first-order valence-corrected chi connectivity index (χ1v) is 7.01. The standard InChI is InChI=1S/C15H22O3/c1-8-4-5-11(16)15(3)7-6-10-9(2)14(17)18-13(10)12(8)15/h9-13,16H,1,4-7H2,2-3H3/t9-,10+,11-,12-,13+,15+/m1/s1. The number of fused-ring (bicyclic) bond motifs is 3. The second-order valence-corrected chi connectivity index (χ2v) is 6.59. The zero-order valence-electron chi connectivity index (χ0n) is 11.2. The molecule has 0 bridgehead atoms. The van der Waals surface area contributed by atoms with Crippen molar-refractivity contribution >= 4 is 5.97 Å². The Morgan fingerprint density at radius 1 is 1.44 bits per heavy atom. The van der Waals surface area contributed by atoms with E-state index in [-0.39, 0.29) is 35.4 Å². The van der Waals surface area contributed by atoms with Crippen LogP contribution in [0.2, 0.25) is 0 Å². The van der Waals surface area contributed by atoms with Gasteiger partial charge in [-0.3, -0.25) is 4.79 Å². The van der Waals surface area contributed by atoms with E-state index in [9.17, 15) is 9.90 Å². The molecule has 3 heteroatoms. The zero-order chi connectivity index (χ0) is 13.1. The Balaban J connectivity index is 1.98. The van der Waals surface area contributed by atoms with Crippen LogP contribution in [0, 0.1) is 23.2 Å². The van der Waals surface area contributed by atoms with Gasteiger partial charge in [0.2, 0.25) is 0 Å². The predicted octanol–water partition coefficient (Wildman–Crippen LogP) is 2.29. The predicted molar refractivity (Wildman–Crippen MR) is 67.7 cm³/mol. The number of esters is 1. The van der Waals surface area contributed by atoms with Crippen molar-refractivity contribution in [1.29, 1.82) is 0 Å². The van der Waals surface area contributed by atoms with Crippen molar-refractivity contribution in [3.63, 3.8) is 0 Å². The van der Waals surface area contributed by atoms with Gasteiger partial charge in [0.15, 0.2) is 0 Å². The van der Waals surface area contributed by atoms with Crippen molar-refractivity contribution in [2.75, 3.05) is 0 Å². The molecule has 3 rings (SSSR count). The molecule has 0 amide bonds. The first-order valence-electron chi connectivity index (χ1n) is 7.01. The Labute approximate surface area is 108 Å². The van der Waals surface area contributed by atoms with Crippen molar-refractivity contribution in [1.82, 2.24) is 0 Å². The Morgan fingerprint density at radius 3 is 2.89 bits per heavy atom. The summed E-state index contributed by atoms with van der Waals surface area (Å²) >= 11 is 0. The third-order valence-electron chi connectivity index (χ3n) is 5.68. The van der Waals surface area contributed by atoms with Gasteiger partial charge in [0.1, 0.15) is 6.10 Å². The number of hydrogen-bond acceptors (Lipinski definition) is 3. The first kappa shape index (κ1) is 12.2. The summed E-state index contributed by atoms with van der Waals surface area (Å²) in [5.74, 6) is 0.403. The van der Waals surface area contributed by atoms with Crippen molar-refractivity contribution < 1.29 is 14.6 Å². The van der Waals surface area contributed by atoms with Crippen LogP contribution in [0.5, 0.6) is 0 Å². The lowest BCUT2D eigenvalue weighted by molar-refractivity contribution is -0.152. The second kappa shape index (κ2) is 3.83. The molecule has 6 atom stereocenters. The summed E-state index contributed by atoms with van der Waals surface area (Å²) in [4.78, 5) is 11.8. The van der Waals surface area contributed by atoms with Gasteiger partial charge >= 0.3 is 5.97 Å². The van der Waals surface area contributed by atoms with E-state index in [1.165, 1.54) is 5.57 Å². The molecule has 0 spiro atoms. The SMILES string of the molecule is C=C1CC[C@@H](O)[C@]2(C)CC[C@@H]3[C@H](OC(=O)[C@@H]3C)[C@@H]12. The maximum absolute atomic E-state index is 11.8. The minimum absolute atomic E-state index is 0.00594. The topological polar surface area (TPSA) is 46.5 Å². The third kappa shape index (κ3) is 1.43. The smallest absolute Gasteiger partial charge is 0.309 e. The minimum atomic E-state index is -0.288. The fourth-order valence-corrected chi connectivity index (χ4v) is 4.41. The third-order valence-corrected chi connectivity index (χ3v) is 5.68. The summed E-state index contributed by atoms with van der Waals surface area (Å²) in [7, 11) is 0. The fraction of sp³-hybridized carbons (Fsp3) is 0.800. The van der Waals surface area contributed by atoms with E-state index in [0.29, 0.717) is 5.92 Å². The van der Waals surface area contributed by atoms with Gasteiger partial charge in [-0.2, -0.15) is 0 Å². The highest BCUT2D eigenvalue weighted by atomic mass is 16.6. The minimum Gasteiger partial charge on any atom is -0.461 e. The molecule has 3 aliphatic rings. The van der Waals surface area contributed by atoms with Gasteiger partial charge in [0.25, 0.3) is 0 Å². The maximum Gasteiger partial charge on any atom is 0.309 e. The monoisotopic (exact) mass is 250 g/mol. The Kier molecular flexibility index (Phi) is 2.60. The van der Waals surface area contributed by atoms with Crippen LogP contribution in [0.4, 0.5) is 0 Å². The maximum atomic E-state index is 11.8. The highest BCUT2D eigenvalue weighted by molar-refractivity contribution is 5.75. The van der Waals surface area contributed by atoms with Gasteiger partial charge in [-0.1, -0.05) is 26.0 Å². The highest BCUT2D eigenvalue weighted by Gasteiger charge is 2.58. The van der Waals surface area contributed by atoms with Crippen LogP contribution in [0.3, 0.4) is 0 Å². The second-order valence-electron chi connectivity index (χ2n) is 6.59. The van der Waals surface area contributed by atoms with E-state index in [0.717, 1.165) is 25.7 Å². The molecule has 1 heterocycles. The van der Waals surface area contributed by atoms with Crippen LogP contribution in [-0.2, 0) is 9.53 Å². The fourth-order valence-electron chi connectivity index (χ4n) is 4.41. The number of ether oxygens (including phenoxy) is 1. The zero-order valence-corrected chi connectivity index (χ0v) is 11.2. The number of aliphatic hydroxyl groups excluding tert-OH is 1. The van der Waals surface area contributed by atoms with Crippen LogP contribution < -0.4 is 0 Å². The average molecular weight is 250 g/mol. The van der Waals surface area contributed by atoms with Gasteiger partial charge in [0, 0.05) is 17.3 Å². The Bertz CT molecular complexity index is 403. The number of carbonyl (C=O) groups excluding carboxylic acids is 1. The summed E-state index contributed by atoms with van der Waals surface area (Å²) in [6.45, 7) is 8.29. The average Bonchev–Trinajstić information content (AvgIpc) is 2.60. The van der Waals surface area contributed by atoms with Gasteiger partial charge in [-0.25, -0.2) is 0 Å². The summed E-state index contributed by atoms with van der Waals surface area (Å²) in [5, 5.41) is 10.4. The van der Waals surface area contributed by atoms with Crippen molar-refractivity contribution in [2.45, 2.75) is 51.7 Å². The molecule has 0 radical (unpaired) electrons. The molecular formula is C15H22O3. The van der Waals surface area contributed by atoms with Crippen molar-refractivity contribution in [3.05, 3.63) is 12.2 Å². The molecule has 100 valence electrons. The lowest BCUT2D eigenvalue weighted by Crippen LogP contribution is -2.53. The Morgan fingerprint density at radius 2 is 2.17 bits per heavy atom. The molecule has 18 heavy (non-hydrogen) atoms. The van der Waals surface area contributed by atoms with Gasteiger partial charge in [-0.15, -0.1) is 0 Å². The largest absolute Gasteiger partial charge is 0.461 e. The summed E-state index contributed by atoms with van der Waals surface area (Å²) in [5.41, 5.74) is 1.01. The molecule has 3 nitrogen and oxygen atoms in total. The first-order chi connectivity index (χ1) is 8.45. The molecule has 3 fully saturated rings. The van der Waals surface area contributed by atoms with E-state index >= 15 is 0 Å². The molecule has 0 unspecified atom stereocenters. The molecule has 1 N–H and O–H groups in total. The number of aliphatic hydroxyl groups is 1. The van der Waals surface area contributed by atoms with Gasteiger partial charge < -0.3 is 9.84 Å². The Hall–Kier alpha value is -0.830. The molecule has 2 aliphatic carbocycles. The summed E-state index contributed by atoms with van der Waals surface area (Å²) in [6.07, 6.45) is 3.27. The van der Waals surface area contributed by atoms with E-state index in [1.54, 1.807) is 0 Å². The summed E-state index contributed by atoms with van der Waals surface area (Å²) < 4.78 is 5.62. The van der Waals surface area contributed by atoms with Gasteiger partial charge in [0.05, 0.1) is 12.0 Å². The van der Waals surface area contributed by atoms with E-state index in [2.05, 4.69) is 13.5 Å². The van der Waals surface area contributed by atoms with Crippen molar-refractivity contribution in [3.8, 4) is 0 Å². The molecule has 0 aromatic rings. The lowest BCUT2D eigenvalue weighted by Gasteiger charge is -2.52. The van der Waals surface area contributed by atoms with Crippen LogP contribution in [0.25, 0.3) is 0 Å². The van der Waals surface area contributed by atoms with E-state index < -0.39 is 0 Å². The molecule has 1 aliphatic heterocycles. The van der Waals surface area contributed by atoms with Crippen LogP contribution >= 0.6 is 0 Å². The van der Waals surface area contributed by atoms with Gasteiger partial charge in [-0.05, 0) is 25.7 Å². The molecule has 0 aromatic carbocycles. The summed E-state index contributed by atoms with van der Waals surface area (Å²) in [6, 6.07) is 0. The molecule has 0 aromatic heterocycles. The van der Waals surface area contributed by atoms with E-state index in [4.69, 9.17) is 4.74 Å². The number of hydrogen-bond donors (Lipinski definition) is 1. The highest BCUT2D eigenvalue weighted by Crippen LogP contribution is 2.57. The number of rotatable bonds is 0. The van der Waals surface area contributed by atoms with E-state index in [1.807, 2.05) is 6.92 Å². The molecule has 2 saturated carbocycles. The number of carbonyl (C=O) groups is 1. The quantitative estimate of drug-likeness (QED) is 0.530. The normalized spacial score (nSPS) is 51.6. The van der Waals surface area contributed by atoms with Crippen molar-refractivity contribution in [2.24, 2.45) is 23.2 Å². The molecular weight excluding hydrogens is 228 g/mol. The van der Waals surface area contributed by atoms with Crippen LogP contribution in [0.1, 0.15) is 39.5 Å². The van der Waals surface area contributed by atoms with Crippen LogP contribution in [-0.4, -0.2) is 23.3 Å². The van der Waals surface area contributed by atoms with Crippen LogP contribution in [0.15, 0.2) is 12.2 Å². The lowest BCUT2D eigenvalue weighted by atomic mass is 9.54. The molecule has 1 saturated heterocycles.